The Morgan fingerprint density at radius 3 is 2.71 bits per heavy atom. The quantitative estimate of drug-likeness (QED) is 0.792. The van der Waals surface area contributed by atoms with Crippen molar-refractivity contribution in [2.24, 2.45) is 0 Å². The molecule has 0 aliphatic rings. The molecular formula is C9H8BrF2NS. The largest absolute Gasteiger partial charge is 0.359 e. The summed E-state index contributed by atoms with van der Waals surface area (Å²) in [5, 5.41) is 0.599. The number of hydrogen-bond donors (Lipinski definition) is 1. The van der Waals surface area contributed by atoms with Gasteiger partial charge in [-0.05, 0) is 22.0 Å². The predicted octanol–water partition coefficient (Wildman–Crippen LogP) is 4.49. The Balaban J connectivity index is 2.76. The molecule has 0 amide bonds. The molecule has 1 nitrogen and oxygen atoms in total. The van der Waals surface area contributed by atoms with Crippen LogP contribution in [0.5, 0.6) is 0 Å². The summed E-state index contributed by atoms with van der Waals surface area (Å²) in [6.07, 6.45) is 2.38. The number of halogens is 3. The first-order valence-electron chi connectivity index (χ1n) is 3.93. The molecule has 0 saturated heterocycles. The van der Waals surface area contributed by atoms with E-state index in [0.717, 1.165) is 16.2 Å². The van der Waals surface area contributed by atoms with Crippen LogP contribution in [0.1, 0.15) is 0 Å². The molecule has 1 N–H and O–H groups in total. The van der Waals surface area contributed by atoms with Crippen molar-refractivity contribution >= 4 is 37.6 Å². The van der Waals surface area contributed by atoms with Gasteiger partial charge in [0.1, 0.15) is 0 Å². The van der Waals surface area contributed by atoms with Gasteiger partial charge in [0.15, 0.2) is 0 Å². The van der Waals surface area contributed by atoms with Gasteiger partial charge in [0, 0.05) is 22.3 Å². The van der Waals surface area contributed by atoms with E-state index in [0.29, 0.717) is 5.39 Å². The van der Waals surface area contributed by atoms with Crippen LogP contribution in [0.25, 0.3) is 10.9 Å². The summed E-state index contributed by atoms with van der Waals surface area (Å²) in [5.74, 6) is 0. The number of nitrogens with one attached hydrogen (secondary N) is 1. The van der Waals surface area contributed by atoms with Crippen LogP contribution in [-0.4, -0.2) is 11.2 Å². The first kappa shape index (κ1) is 9.98. The molecule has 0 bridgehead atoms. The third-order valence-electron chi connectivity index (χ3n) is 2.01. The van der Waals surface area contributed by atoms with E-state index in [2.05, 4.69) is 20.9 Å². The average molecular weight is 280 g/mol. The van der Waals surface area contributed by atoms with Crippen LogP contribution in [0.4, 0.5) is 7.77 Å². The fourth-order valence-corrected chi connectivity index (χ4v) is 2.69. The fraction of sp³-hybridized carbons (Fsp3) is 0.111. The fourth-order valence-electron chi connectivity index (χ4n) is 1.39. The van der Waals surface area contributed by atoms with Crippen LogP contribution >= 0.6 is 26.7 Å². The number of rotatable bonds is 1. The highest BCUT2D eigenvalue weighted by Crippen LogP contribution is 2.58. The average Bonchev–Trinajstić information content (AvgIpc) is 2.47. The van der Waals surface area contributed by atoms with Crippen LogP contribution in [0, 0.1) is 0 Å². The van der Waals surface area contributed by atoms with Crippen LogP contribution in [0.3, 0.4) is 0 Å². The van der Waals surface area contributed by atoms with E-state index in [9.17, 15) is 7.77 Å². The monoisotopic (exact) mass is 279 g/mol. The number of fused-ring (bicyclic) bond motifs is 1. The van der Waals surface area contributed by atoms with Crippen molar-refractivity contribution in [2.45, 2.75) is 4.90 Å². The summed E-state index contributed by atoms with van der Waals surface area (Å²) in [5.41, 5.74) is 0.733. The van der Waals surface area contributed by atoms with Crippen LogP contribution in [0.15, 0.2) is 33.8 Å². The zero-order chi connectivity index (χ0) is 10.3. The molecule has 5 heteroatoms. The molecule has 1 aromatic heterocycles. The zero-order valence-electron chi connectivity index (χ0n) is 7.35. The summed E-state index contributed by atoms with van der Waals surface area (Å²) in [4.78, 5) is 2.98. The highest BCUT2D eigenvalue weighted by atomic mass is 79.9. The van der Waals surface area contributed by atoms with Gasteiger partial charge in [-0.25, -0.2) is 0 Å². The van der Waals surface area contributed by atoms with Gasteiger partial charge in [-0.15, -0.1) is 0 Å². The lowest BCUT2D eigenvalue weighted by Crippen LogP contribution is -1.80. The molecule has 2 aromatic rings. The van der Waals surface area contributed by atoms with Crippen LogP contribution in [-0.2, 0) is 0 Å². The third kappa shape index (κ3) is 1.54. The molecule has 0 spiro atoms. The maximum absolute atomic E-state index is 13.2. The van der Waals surface area contributed by atoms with Gasteiger partial charge in [0.25, 0.3) is 0 Å². The second kappa shape index (κ2) is 3.24. The molecule has 2 rings (SSSR count). The summed E-state index contributed by atoms with van der Waals surface area (Å²) in [6.45, 7) is 0. The maximum Gasteiger partial charge on any atom is 0.0845 e. The van der Waals surface area contributed by atoms with Crippen molar-refractivity contribution in [1.29, 1.82) is 0 Å². The lowest BCUT2D eigenvalue weighted by atomic mass is 10.2. The highest BCUT2D eigenvalue weighted by Gasteiger charge is 2.22. The van der Waals surface area contributed by atoms with E-state index in [4.69, 9.17) is 0 Å². The molecule has 0 aliphatic heterocycles. The summed E-state index contributed by atoms with van der Waals surface area (Å²) < 4.78 is 27.2. The number of para-hydroxylation sites is 1. The second-order valence-corrected chi connectivity index (χ2v) is 5.79. The number of benzene rings is 1. The standard InChI is InChI=1S/C9H8BrF2NS/c1-14(11,12)8-5-13-9-6(8)3-2-4-7(9)10/h2-5,13H,1H3. The van der Waals surface area contributed by atoms with E-state index < -0.39 is 10.8 Å². The highest BCUT2D eigenvalue weighted by molar-refractivity contribution is 9.10. The smallest absolute Gasteiger partial charge is 0.0845 e. The van der Waals surface area contributed by atoms with Gasteiger partial charge in [-0.3, -0.25) is 0 Å². The summed E-state index contributed by atoms with van der Waals surface area (Å²) in [6, 6.07) is 5.29. The SMILES string of the molecule is CS(F)(F)c1c[nH]c2c(Br)cccc12. The molecule has 0 saturated carbocycles. The molecule has 0 fully saturated rings. The van der Waals surface area contributed by atoms with Crippen LogP contribution in [0.2, 0.25) is 0 Å². The minimum Gasteiger partial charge on any atom is -0.359 e. The van der Waals surface area contributed by atoms with Gasteiger partial charge in [0.05, 0.1) is 21.2 Å². The lowest BCUT2D eigenvalue weighted by Gasteiger charge is -2.12. The Morgan fingerprint density at radius 1 is 1.36 bits per heavy atom. The molecule has 0 unspecified atom stereocenters. The molecule has 0 radical (unpaired) electrons. The van der Waals surface area contributed by atoms with Crippen molar-refractivity contribution in [3.63, 3.8) is 0 Å². The Hall–Kier alpha value is -0.550. The maximum atomic E-state index is 13.2. The summed E-state index contributed by atoms with van der Waals surface area (Å²) >= 11 is 3.31. The minimum absolute atomic E-state index is 0.119. The first-order valence-corrected chi connectivity index (χ1v) is 6.57. The number of aromatic amines is 1. The van der Waals surface area contributed by atoms with Crippen molar-refractivity contribution < 1.29 is 7.77 Å². The molecule has 0 aliphatic carbocycles. The zero-order valence-corrected chi connectivity index (χ0v) is 9.75. The Kier molecular flexibility index (Phi) is 2.31. The Morgan fingerprint density at radius 2 is 2.07 bits per heavy atom. The molecule has 76 valence electrons. The van der Waals surface area contributed by atoms with E-state index in [1.165, 1.54) is 6.20 Å². The predicted molar refractivity (Wildman–Crippen MR) is 60.0 cm³/mol. The van der Waals surface area contributed by atoms with Crippen LogP contribution < -0.4 is 0 Å². The Labute approximate surface area is 90.5 Å². The molecule has 14 heavy (non-hydrogen) atoms. The molecule has 1 aromatic carbocycles. The Bertz CT molecular complexity index is 475. The molecule has 1 heterocycles. The van der Waals surface area contributed by atoms with Crippen molar-refractivity contribution in [3.05, 3.63) is 28.9 Å². The van der Waals surface area contributed by atoms with Gasteiger partial charge >= 0.3 is 0 Å². The van der Waals surface area contributed by atoms with Gasteiger partial charge in [-0.1, -0.05) is 12.1 Å². The van der Waals surface area contributed by atoms with E-state index in [1.54, 1.807) is 12.1 Å². The molecular weight excluding hydrogens is 272 g/mol. The first-order chi connectivity index (χ1) is 6.50. The molecule has 0 atom stereocenters. The van der Waals surface area contributed by atoms with E-state index >= 15 is 0 Å². The van der Waals surface area contributed by atoms with Crippen molar-refractivity contribution in [1.82, 2.24) is 4.98 Å². The van der Waals surface area contributed by atoms with E-state index in [-0.39, 0.29) is 4.90 Å². The minimum atomic E-state index is -3.65. The summed E-state index contributed by atoms with van der Waals surface area (Å²) in [7, 11) is -3.65. The number of aromatic nitrogens is 1. The number of hydrogen-bond acceptors (Lipinski definition) is 0. The topological polar surface area (TPSA) is 15.8 Å². The second-order valence-electron chi connectivity index (χ2n) is 3.04. The third-order valence-corrected chi connectivity index (χ3v) is 3.78. The lowest BCUT2D eigenvalue weighted by molar-refractivity contribution is 0.754. The van der Waals surface area contributed by atoms with Gasteiger partial charge < -0.3 is 4.98 Å². The van der Waals surface area contributed by atoms with Gasteiger partial charge in [-0.2, -0.15) is 7.77 Å². The normalized spacial score (nSPS) is 13.4. The number of H-pyrrole nitrogens is 1. The van der Waals surface area contributed by atoms with Crippen molar-refractivity contribution in [2.75, 3.05) is 6.26 Å². The van der Waals surface area contributed by atoms with E-state index in [1.807, 2.05) is 6.07 Å². The van der Waals surface area contributed by atoms with Gasteiger partial charge in [0.2, 0.25) is 0 Å². The van der Waals surface area contributed by atoms with Crippen molar-refractivity contribution in [3.8, 4) is 0 Å².